The summed E-state index contributed by atoms with van der Waals surface area (Å²) >= 11 is 0. The summed E-state index contributed by atoms with van der Waals surface area (Å²) in [6.45, 7) is 0.294. The molecule has 0 fully saturated rings. The first-order valence-electron chi connectivity index (χ1n) is 5.86. The van der Waals surface area contributed by atoms with Crippen LogP contribution in [0.2, 0.25) is 0 Å². The van der Waals surface area contributed by atoms with Crippen LogP contribution < -0.4 is 14.8 Å². The number of carbonyl (C=O) groups excluding carboxylic acids is 1. The standard InChI is InChI=1S/C13H14N4O3/c1-19-11-6-10(16-8-17-11)12(18)15-7-9-4-3-5-14-13(9)20-2/h3-6,8H,7H2,1-2H3,(H,15,18). The third-order valence-electron chi connectivity index (χ3n) is 2.57. The number of pyridine rings is 1. The molecule has 20 heavy (non-hydrogen) atoms. The molecule has 0 aliphatic rings. The van der Waals surface area contributed by atoms with Crippen LogP contribution in [0.15, 0.2) is 30.7 Å². The van der Waals surface area contributed by atoms with Crippen molar-refractivity contribution in [2.75, 3.05) is 14.2 Å². The van der Waals surface area contributed by atoms with Crippen molar-refractivity contribution < 1.29 is 14.3 Å². The third-order valence-corrected chi connectivity index (χ3v) is 2.57. The van der Waals surface area contributed by atoms with Gasteiger partial charge in [0.05, 0.1) is 14.2 Å². The highest BCUT2D eigenvalue weighted by molar-refractivity contribution is 5.92. The third kappa shape index (κ3) is 3.19. The number of aromatic nitrogens is 3. The van der Waals surface area contributed by atoms with E-state index in [2.05, 4.69) is 20.3 Å². The monoisotopic (exact) mass is 274 g/mol. The van der Waals surface area contributed by atoms with Gasteiger partial charge in [-0.2, -0.15) is 0 Å². The first-order valence-corrected chi connectivity index (χ1v) is 5.86. The largest absolute Gasteiger partial charge is 0.481 e. The molecule has 0 aliphatic heterocycles. The van der Waals surface area contributed by atoms with Crippen molar-refractivity contribution >= 4 is 5.91 Å². The second-order valence-corrected chi connectivity index (χ2v) is 3.80. The van der Waals surface area contributed by atoms with Gasteiger partial charge in [-0.1, -0.05) is 6.07 Å². The summed E-state index contributed by atoms with van der Waals surface area (Å²) in [6, 6.07) is 5.07. The molecular weight excluding hydrogens is 260 g/mol. The Morgan fingerprint density at radius 1 is 1.25 bits per heavy atom. The van der Waals surface area contributed by atoms with Crippen molar-refractivity contribution in [2.45, 2.75) is 6.54 Å². The van der Waals surface area contributed by atoms with Crippen molar-refractivity contribution in [3.8, 4) is 11.8 Å². The Kier molecular flexibility index (Phi) is 4.43. The summed E-state index contributed by atoms with van der Waals surface area (Å²) in [4.78, 5) is 23.8. The first-order chi connectivity index (χ1) is 9.74. The van der Waals surface area contributed by atoms with Crippen molar-refractivity contribution in [1.29, 1.82) is 0 Å². The molecule has 0 bridgehead atoms. The zero-order valence-corrected chi connectivity index (χ0v) is 11.2. The maximum atomic E-state index is 12.0. The highest BCUT2D eigenvalue weighted by Gasteiger charge is 2.10. The van der Waals surface area contributed by atoms with Gasteiger partial charge in [0.15, 0.2) is 0 Å². The normalized spacial score (nSPS) is 9.90. The Morgan fingerprint density at radius 2 is 2.10 bits per heavy atom. The van der Waals surface area contributed by atoms with Gasteiger partial charge in [0, 0.05) is 24.4 Å². The quantitative estimate of drug-likeness (QED) is 0.868. The SMILES string of the molecule is COc1cc(C(=O)NCc2cccnc2OC)ncn1. The highest BCUT2D eigenvalue weighted by atomic mass is 16.5. The van der Waals surface area contributed by atoms with Gasteiger partial charge in [0.2, 0.25) is 11.8 Å². The number of carbonyl (C=O) groups is 1. The number of nitrogens with one attached hydrogen (secondary N) is 1. The van der Waals surface area contributed by atoms with E-state index in [9.17, 15) is 4.79 Å². The second kappa shape index (κ2) is 6.46. The van der Waals surface area contributed by atoms with Crippen LogP contribution in [0.4, 0.5) is 0 Å². The zero-order chi connectivity index (χ0) is 14.4. The summed E-state index contributed by atoms with van der Waals surface area (Å²) in [5.41, 5.74) is 1.02. The number of methoxy groups -OCH3 is 2. The molecule has 2 rings (SSSR count). The van der Waals surface area contributed by atoms with Gasteiger partial charge < -0.3 is 14.8 Å². The van der Waals surface area contributed by atoms with Crippen molar-refractivity contribution in [2.24, 2.45) is 0 Å². The van der Waals surface area contributed by atoms with E-state index in [0.29, 0.717) is 18.3 Å². The molecule has 0 saturated heterocycles. The van der Waals surface area contributed by atoms with Crippen LogP contribution >= 0.6 is 0 Å². The summed E-state index contributed by atoms with van der Waals surface area (Å²) < 4.78 is 10.1. The molecule has 0 saturated carbocycles. The molecule has 0 aliphatic carbocycles. The average Bonchev–Trinajstić information content (AvgIpc) is 2.52. The van der Waals surface area contributed by atoms with Crippen LogP contribution in [0.5, 0.6) is 11.8 Å². The van der Waals surface area contributed by atoms with Crippen LogP contribution in [0, 0.1) is 0 Å². The predicted octanol–water partition coefficient (Wildman–Crippen LogP) is 0.819. The van der Waals surface area contributed by atoms with Crippen LogP contribution in [-0.4, -0.2) is 35.1 Å². The molecule has 7 nitrogen and oxygen atoms in total. The van der Waals surface area contributed by atoms with E-state index in [4.69, 9.17) is 9.47 Å². The van der Waals surface area contributed by atoms with Crippen molar-refractivity contribution in [1.82, 2.24) is 20.3 Å². The Hall–Kier alpha value is -2.70. The van der Waals surface area contributed by atoms with Crippen molar-refractivity contribution in [3.63, 3.8) is 0 Å². The van der Waals surface area contributed by atoms with Crippen LogP contribution in [0.1, 0.15) is 16.1 Å². The number of amides is 1. The summed E-state index contributed by atoms with van der Waals surface area (Å²) in [5, 5.41) is 2.74. The van der Waals surface area contributed by atoms with Gasteiger partial charge in [0.1, 0.15) is 12.0 Å². The number of rotatable bonds is 5. The van der Waals surface area contributed by atoms with Gasteiger partial charge in [0.25, 0.3) is 5.91 Å². The van der Waals surface area contributed by atoms with Gasteiger partial charge >= 0.3 is 0 Å². The van der Waals surface area contributed by atoms with E-state index in [1.807, 2.05) is 6.07 Å². The second-order valence-electron chi connectivity index (χ2n) is 3.80. The van der Waals surface area contributed by atoms with Crippen LogP contribution in [-0.2, 0) is 6.54 Å². The number of hydrogen-bond acceptors (Lipinski definition) is 6. The molecule has 0 aromatic carbocycles. The lowest BCUT2D eigenvalue weighted by Gasteiger charge is -2.08. The van der Waals surface area contributed by atoms with Gasteiger partial charge in [-0.15, -0.1) is 0 Å². The fraction of sp³-hybridized carbons (Fsp3) is 0.231. The van der Waals surface area contributed by atoms with E-state index in [0.717, 1.165) is 5.56 Å². The molecular formula is C13H14N4O3. The number of ether oxygens (including phenoxy) is 2. The number of nitrogens with zero attached hydrogens (tertiary/aromatic N) is 3. The van der Waals surface area contributed by atoms with Crippen molar-refractivity contribution in [3.05, 3.63) is 42.0 Å². The molecule has 2 aromatic rings. The lowest BCUT2D eigenvalue weighted by atomic mass is 10.2. The smallest absolute Gasteiger partial charge is 0.270 e. The molecule has 7 heteroatoms. The molecule has 1 amide bonds. The van der Waals surface area contributed by atoms with E-state index in [1.54, 1.807) is 12.3 Å². The minimum atomic E-state index is -0.323. The molecule has 2 aromatic heterocycles. The first kappa shape index (κ1) is 13.7. The van der Waals surface area contributed by atoms with E-state index < -0.39 is 0 Å². The highest BCUT2D eigenvalue weighted by Crippen LogP contribution is 2.13. The van der Waals surface area contributed by atoms with Crippen LogP contribution in [0.25, 0.3) is 0 Å². The molecule has 104 valence electrons. The fourth-order valence-electron chi connectivity index (χ4n) is 1.58. The molecule has 0 unspecified atom stereocenters. The lowest BCUT2D eigenvalue weighted by molar-refractivity contribution is 0.0945. The Bertz CT molecular complexity index is 604. The van der Waals surface area contributed by atoms with E-state index in [1.165, 1.54) is 26.6 Å². The topological polar surface area (TPSA) is 86.2 Å². The Labute approximate surface area is 116 Å². The molecule has 1 N–H and O–H groups in total. The minimum Gasteiger partial charge on any atom is -0.481 e. The van der Waals surface area contributed by atoms with Gasteiger partial charge in [-0.25, -0.2) is 15.0 Å². The zero-order valence-electron chi connectivity index (χ0n) is 11.2. The average molecular weight is 274 g/mol. The summed E-state index contributed by atoms with van der Waals surface area (Å²) in [7, 11) is 3.01. The molecule has 0 radical (unpaired) electrons. The molecule has 2 heterocycles. The van der Waals surface area contributed by atoms with Crippen LogP contribution in [0.3, 0.4) is 0 Å². The van der Waals surface area contributed by atoms with E-state index in [-0.39, 0.29) is 11.6 Å². The lowest BCUT2D eigenvalue weighted by Crippen LogP contribution is -2.24. The Morgan fingerprint density at radius 3 is 2.85 bits per heavy atom. The molecule has 0 atom stereocenters. The maximum absolute atomic E-state index is 12.0. The summed E-state index contributed by atoms with van der Waals surface area (Å²) in [6.07, 6.45) is 2.90. The van der Waals surface area contributed by atoms with Gasteiger partial charge in [-0.3, -0.25) is 4.79 Å². The Balaban J connectivity index is 2.04. The summed E-state index contributed by atoms with van der Waals surface area (Å²) in [5.74, 6) is 0.494. The minimum absolute atomic E-state index is 0.236. The maximum Gasteiger partial charge on any atom is 0.270 e. The van der Waals surface area contributed by atoms with E-state index >= 15 is 0 Å². The number of hydrogen-bond donors (Lipinski definition) is 1. The van der Waals surface area contributed by atoms with Gasteiger partial charge in [-0.05, 0) is 6.07 Å². The molecule has 0 spiro atoms. The predicted molar refractivity (Wildman–Crippen MR) is 70.5 cm³/mol. The fourth-order valence-corrected chi connectivity index (χ4v) is 1.58.